The van der Waals surface area contributed by atoms with E-state index in [4.69, 9.17) is 10.5 Å². The summed E-state index contributed by atoms with van der Waals surface area (Å²) in [7, 11) is 1.74. The van der Waals surface area contributed by atoms with E-state index in [1.807, 2.05) is 0 Å². The molecule has 20 heavy (non-hydrogen) atoms. The van der Waals surface area contributed by atoms with Crippen LogP contribution in [0.3, 0.4) is 0 Å². The van der Waals surface area contributed by atoms with Crippen molar-refractivity contribution in [3.05, 3.63) is 35.4 Å². The van der Waals surface area contributed by atoms with Crippen LogP contribution in [0.1, 0.15) is 36.8 Å². The van der Waals surface area contributed by atoms with Crippen LogP contribution in [0.4, 0.5) is 0 Å². The van der Waals surface area contributed by atoms with Crippen molar-refractivity contribution in [1.82, 2.24) is 0 Å². The van der Waals surface area contributed by atoms with Gasteiger partial charge in [-0.05, 0) is 43.2 Å². The number of nitrogens with two attached hydrogens (primary N) is 1. The number of methoxy groups -OCH3 is 1. The zero-order valence-corrected chi connectivity index (χ0v) is 12.3. The number of aliphatic hydroxyl groups is 1. The van der Waals surface area contributed by atoms with Gasteiger partial charge in [-0.3, -0.25) is 0 Å². The maximum atomic E-state index is 11.3. The van der Waals surface area contributed by atoms with Crippen LogP contribution in [-0.4, -0.2) is 30.5 Å². The second kappa shape index (κ2) is 5.14. The first-order valence-electron chi connectivity index (χ1n) is 7.64. The summed E-state index contributed by atoms with van der Waals surface area (Å²) in [5, 5.41) is 11.3. The van der Waals surface area contributed by atoms with Gasteiger partial charge in [0, 0.05) is 25.5 Å². The molecule has 2 unspecified atom stereocenters. The van der Waals surface area contributed by atoms with Crippen LogP contribution in [0.2, 0.25) is 0 Å². The van der Waals surface area contributed by atoms with Gasteiger partial charge in [-0.25, -0.2) is 0 Å². The smallest absolute Gasteiger partial charge is 0.0746 e. The van der Waals surface area contributed by atoms with Gasteiger partial charge in [-0.2, -0.15) is 0 Å². The minimum Gasteiger partial charge on any atom is -0.389 e. The summed E-state index contributed by atoms with van der Waals surface area (Å²) < 4.78 is 5.51. The van der Waals surface area contributed by atoms with E-state index in [-0.39, 0.29) is 11.5 Å². The summed E-state index contributed by atoms with van der Waals surface area (Å²) in [6, 6.07) is 8.50. The lowest BCUT2D eigenvalue weighted by molar-refractivity contribution is -0.134. The summed E-state index contributed by atoms with van der Waals surface area (Å²) in [4.78, 5) is 0. The lowest BCUT2D eigenvalue weighted by Crippen LogP contribution is -2.56. The van der Waals surface area contributed by atoms with Crippen LogP contribution < -0.4 is 5.73 Å². The van der Waals surface area contributed by atoms with E-state index in [0.717, 1.165) is 32.1 Å². The second-order valence-electron chi connectivity index (χ2n) is 6.59. The van der Waals surface area contributed by atoms with Crippen molar-refractivity contribution in [2.24, 2.45) is 11.1 Å². The van der Waals surface area contributed by atoms with Crippen LogP contribution in [0.15, 0.2) is 24.3 Å². The maximum Gasteiger partial charge on any atom is 0.0746 e. The topological polar surface area (TPSA) is 55.5 Å². The summed E-state index contributed by atoms with van der Waals surface area (Å²) in [5.41, 5.74) is 7.95. The van der Waals surface area contributed by atoms with Gasteiger partial charge in [0.05, 0.1) is 11.7 Å². The molecule has 0 amide bonds. The van der Waals surface area contributed by atoms with Crippen molar-refractivity contribution in [2.75, 3.05) is 13.7 Å². The molecule has 3 N–H and O–H groups in total. The molecular formula is C17H25NO2. The summed E-state index contributed by atoms with van der Waals surface area (Å²) in [5.74, 6) is 0. The monoisotopic (exact) mass is 275 g/mol. The Morgan fingerprint density at radius 2 is 1.95 bits per heavy atom. The van der Waals surface area contributed by atoms with Crippen molar-refractivity contribution in [1.29, 1.82) is 0 Å². The van der Waals surface area contributed by atoms with Crippen LogP contribution in [0, 0.1) is 5.41 Å². The standard InChI is InChI=1S/C17H25NO2/c1-20-15-7-4-8-17(19,11-15)16(12-18)9-13-5-2-3-6-14(13)10-16/h2-3,5-6,15,19H,4,7-12,18H2,1H3. The van der Waals surface area contributed by atoms with E-state index in [9.17, 15) is 5.11 Å². The van der Waals surface area contributed by atoms with Crippen LogP contribution in [-0.2, 0) is 17.6 Å². The molecule has 0 spiro atoms. The highest BCUT2D eigenvalue weighted by Gasteiger charge is 2.53. The molecular weight excluding hydrogens is 250 g/mol. The largest absolute Gasteiger partial charge is 0.389 e. The van der Waals surface area contributed by atoms with Crippen LogP contribution >= 0.6 is 0 Å². The van der Waals surface area contributed by atoms with Gasteiger partial charge in [-0.15, -0.1) is 0 Å². The molecule has 3 nitrogen and oxygen atoms in total. The minimum absolute atomic E-state index is 0.167. The average molecular weight is 275 g/mol. The van der Waals surface area contributed by atoms with Gasteiger partial charge >= 0.3 is 0 Å². The lowest BCUT2D eigenvalue weighted by atomic mass is 9.62. The molecule has 1 aromatic carbocycles. The third-order valence-corrected chi connectivity index (χ3v) is 5.57. The van der Waals surface area contributed by atoms with Crippen molar-refractivity contribution >= 4 is 0 Å². The van der Waals surface area contributed by atoms with E-state index in [1.165, 1.54) is 11.1 Å². The maximum absolute atomic E-state index is 11.3. The van der Waals surface area contributed by atoms with Gasteiger partial charge in [-0.1, -0.05) is 24.3 Å². The number of hydrogen-bond donors (Lipinski definition) is 2. The number of hydrogen-bond acceptors (Lipinski definition) is 3. The zero-order valence-electron chi connectivity index (χ0n) is 12.3. The number of ether oxygens (including phenoxy) is 1. The molecule has 2 aliphatic rings. The Morgan fingerprint density at radius 3 is 2.50 bits per heavy atom. The van der Waals surface area contributed by atoms with E-state index in [0.29, 0.717) is 13.0 Å². The second-order valence-corrected chi connectivity index (χ2v) is 6.59. The van der Waals surface area contributed by atoms with Gasteiger partial charge in [0.2, 0.25) is 0 Å². The van der Waals surface area contributed by atoms with Gasteiger partial charge in [0.25, 0.3) is 0 Å². The van der Waals surface area contributed by atoms with E-state index in [1.54, 1.807) is 7.11 Å². The molecule has 0 bridgehead atoms. The molecule has 1 aromatic rings. The number of rotatable bonds is 3. The highest BCUT2D eigenvalue weighted by molar-refractivity contribution is 5.36. The number of fused-ring (bicyclic) bond motifs is 1. The Kier molecular flexibility index (Phi) is 3.61. The number of benzene rings is 1. The lowest BCUT2D eigenvalue weighted by Gasteiger charge is -2.48. The summed E-state index contributed by atoms with van der Waals surface area (Å²) in [6.45, 7) is 0.536. The van der Waals surface area contributed by atoms with Crippen LogP contribution in [0.25, 0.3) is 0 Å². The molecule has 2 aliphatic carbocycles. The minimum atomic E-state index is -0.695. The van der Waals surface area contributed by atoms with Crippen molar-refractivity contribution < 1.29 is 9.84 Å². The predicted molar refractivity (Wildman–Crippen MR) is 79.6 cm³/mol. The molecule has 1 fully saturated rings. The highest BCUT2D eigenvalue weighted by atomic mass is 16.5. The molecule has 0 heterocycles. The van der Waals surface area contributed by atoms with E-state index >= 15 is 0 Å². The van der Waals surface area contributed by atoms with Crippen molar-refractivity contribution in [3.63, 3.8) is 0 Å². The first kappa shape index (κ1) is 14.1. The predicted octanol–water partition coefficient (Wildman–Crippen LogP) is 2.05. The van der Waals surface area contributed by atoms with Crippen LogP contribution in [0.5, 0.6) is 0 Å². The first-order chi connectivity index (χ1) is 9.62. The molecule has 0 radical (unpaired) electrons. The molecule has 1 saturated carbocycles. The molecule has 3 heteroatoms. The molecule has 0 aromatic heterocycles. The Bertz CT molecular complexity index is 463. The Labute approximate surface area is 121 Å². The third kappa shape index (κ3) is 2.09. The molecule has 0 aliphatic heterocycles. The molecule has 110 valence electrons. The molecule has 0 saturated heterocycles. The SMILES string of the molecule is COC1CCCC(O)(C2(CN)Cc3ccccc3C2)C1. The summed E-state index contributed by atoms with van der Waals surface area (Å²) >= 11 is 0. The van der Waals surface area contributed by atoms with Gasteiger partial charge < -0.3 is 15.6 Å². The fourth-order valence-electron chi connectivity index (χ4n) is 4.24. The first-order valence-corrected chi connectivity index (χ1v) is 7.64. The third-order valence-electron chi connectivity index (χ3n) is 5.57. The van der Waals surface area contributed by atoms with E-state index < -0.39 is 5.60 Å². The fourth-order valence-corrected chi connectivity index (χ4v) is 4.24. The molecule has 2 atom stereocenters. The Balaban J connectivity index is 1.91. The zero-order chi connectivity index (χ0) is 14.2. The fraction of sp³-hybridized carbons (Fsp3) is 0.647. The normalized spacial score (nSPS) is 32.0. The molecule has 3 rings (SSSR count). The Morgan fingerprint density at radius 1 is 1.30 bits per heavy atom. The average Bonchev–Trinajstić information content (AvgIpc) is 2.87. The van der Waals surface area contributed by atoms with Crippen molar-refractivity contribution in [2.45, 2.75) is 50.2 Å². The van der Waals surface area contributed by atoms with E-state index in [2.05, 4.69) is 24.3 Å². The highest BCUT2D eigenvalue weighted by Crippen LogP contribution is 2.50. The Hall–Kier alpha value is -0.900. The van der Waals surface area contributed by atoms with Gasteiger partial charge in [0.1, 0.15) is 0 Å². The van der Waals surface area contributed by atoms with Crippen molar-refractivity contribution in [3.8, 4) is 0 Å². The quantitative estimate of drug-likeness (QED) is 0.887. The summed E-state index contributed by atoms with van der Waals surface area (Å²) in [6.07, 6.45) is 5.59. The van der Waals surface area contributed by atoms with Gasteiger partial charge in [0.15, 0.2) is 0 Å².